The predicted octanol–water partition coefficient (Wildman–Crippen LogP) is 3.19. The molecule has 1 N–H and O–H groups in total. The van der Waals surface area contributed by atoms with Crippen LogP contribution in [0.15, 0.2) is 42.5 Å². The van der Waals surface area contributed by atoms with Crippen LogP contribution in [0, 0.1) is 18.8 Å². The highest BCUT2D eigenvalue weighted by molar-refractivity contribution is 6.34. The number of amides is 2. The number of benzene rings is 1. The molecule has 0 aromatic heterocycles. The molecule has 1 aromatic carbocycles. The Morgan fingerprint density at radius 3 is 2.68 bits per heavy atom. The summed E-state index contributed by atoms with van der Waals surface area (Å²) in [6, 6.07) is 4.41. The summed E-state index contributed by atoms with van der Waals surface area (Å²) in [6.07, 6.45) is 10.2. The number of carbonyl (C=O) groups excluding carboxylic acids is 3. The number of halogens is 1. The largest absolute Gasteiger partial charge is 0.465 e. The topological polar surface area (TPSA) is 96.4 Å². The van der Waals surface area contributed by atoms with E-state index in [1.165, 1.54) is 4.90 Å². The van der Waals surface area contributed by atoms with Crippen molar-refractivity contribution in [2.75, 3.05) is 31.2 Å². The lowest BCUT2D eigenvalue weighted by Crippen LogP contribution is -2.56. The average Bonchev–Trinajstić information content (AvgIpc) is 3.18. The van der Waals surface area contributed by atoms with Gasteiger partial charge < -0.3 is 24.4 Å². The molecular formula is C28H33ClN2O6. The number of esters is 1. The third-order valence-corrected chi connectivity index (χ3v) is 8.32. The van der Waals surface area contributed by atoms with Crippen LogP contribution < -0.4 is 4.90 Å². The number of fused-ring (bicyclic) bond motifs is 2. The summed E-state index contributed by atoms with van der Waals surface area (Å²) in [4.78, 5) is 45.0. The minimum Gasteiger partial charge on any atom is -0.465 e. The molecule has 9 heteroatoms. The van der Waals surface area contributed by atoms with Crippen LogP contribution in [0.3, 0.4) is 0 Å². The summed E-state index contributed by atoms with van der Waals surface area (Å²) < 4.78 is 12.4. The van der Waals surface area contributed by atoms with Gasteiger partial charge in [-0.15, -0.1) is 0 Å². The van der Waals surface area contributed by atoms with E-state index < -0.39 is 35.0 Å². The quantitative estimate of drug-likeness (QED) is 0.476. The van der Waals surface area contributed by atoms with E-state index in [4.69, 9.17) is 21.1 Å². The molecule has 4 aliphatic heterocycles. The molecule has 0 saturated carbocycles. The van der Waals surface area contributed by atoms with Crippen LogP contribution in [-0.4, -0.2) is 71.3 Å². The number of cyclic esters (lactones) is 1. The van der Waals surface area contributed by atoms with Crippen molar-refractivity contribution in [2.24, 2.45) is 11.8 Å². The highest BCUT2D eigenvalue weighted by Crippen LogP contribution is 2.57. The van der Waals surface area contributed by atoms with Crippen molar-refractivity contribution in [3.05, 3.63) is 53.1 Å². The standard InChI is InChI=1S/C28H33ClN2O6/c1-18-10-7-11-19(29)22(18)30-14-8-13-28-20(24(33)31(15-9-16-32)23(28)25(30)34)21-26(35)36-17-6-4-3-5-12-27(21,2)37-28/h5,7-8,10-13,20-21,23,32H,3-4,6,9,14-17H2,1-2H3/b12-5-/t20-,21-,23?,27+,28-/m0/s1. The maximum Gasteiger partial charge on any atom is 0.313 e. The van der Waals surface area contributed by atoms with Crippen LogP contribution in [0.4, 0.5) is 5.69 Å². The van der Waals surface area contributed by atoms with Gasteiger partial charge in [0.2, 0.25) is 5.91 Å². The number of carbonyl (C=O) groups is 3. The van der Waals surface area contributed by atoms with Gasteiger partial charge in [0, 0.05) is 19.7 Å². The molecule has 1 spiro atoms. The Kier molecular flexibility index (Phi) is 6.94. The smallest absolute Gasteiger partial charge is 0.313 e. The van der Waals surface area contributed by atoms with Crippen LogP contribution in [0.25, 0.3) is 0 Å². The van der Waals surface area contributed by atoms with Crippen LogP contribution >= 0.6 is 11.6 Å². The predicted molar refractivity (Wildman–Crippen MR) is 138 cm³/mol. The second-order valence-corrected chi connectivity index (χ2v) is 10.8. The fraction of sp³-hybridized carbons (Fsp3) is 0.536. The summed E-state index contributed by atoms with van der Waals surface area (Å²) in [5.41, 5.74) is -1.09. The Hall–Kier alpha value is -2.68. The highest BCUT2D eigenvalue weighted by Gasteiger charge is 2.74. The van der Waals surface area contributed by atoms with Crippen LogP contribution in [0.1, 0.15) is 38.2 Å². The fourth-order valence-corrected chi connectivity index (χ4v) is 6.77. The van der Waals surface area contributed by atoms with Gasteiger partial charge in [-0.25, -0.2) is 0 Å². The monoisotopic (exact) mass is 528 g/mol. The average molecular weight is 529 g/mol. The molecule has 2 fully saturated rings. The second kappa shape index (κ2) is 9.89. The molecular weight excluding hydrogens is 496 g/mol. The van der Waals surface area contributed by atoms with Crippen LogP contribution in [0.2, 0.25) is 5.02 Å². The van der Waals surface area contributed by atoms with Crippen molar-refractivity contribution in [3.8, 4) is 0 Å². The van der Waals surface area contributed by atoms with Crippen LogP contribution in [-0.2, 0) is 23.9 Å². The number of hydrogen-bond acceptors (Lipinski definition) is 6. The first-order chi connectivity index (χ1) is 17.7. The Morgan fingerprint density at radius 2 is 1.92 bits per heavy atom. The summed E-state index contributed by atoms with van der Waals surface area (Å²) in [6.45, 7) is 4.21. The van der Waals surface area contributed by atoms with E-state index in [1.54, 1.807) is 24.0 Å². The summed E-state index contributed by atoms with van der Waals surface area (Å²) in [7, 11) is 0. The molecule has 5 rings (SSSR count). The van der Waals surface area contributed by atoms with E-state index in [0.717, 1.165) is 24.8 Å². The SMILES string of the molecule is Cc1cccc(Cl)c1N1CC=C[C@]23O[C@]4(C)/C=C\CCCCOC(=O)[C@@H]4[C@H]2C(=O)N(CCCO)C3C1=O. The number of allylic oxidation sites excluding steroid dienone is 1. The Labute approximate surface area is 221 Å². The molecule has 1 aromatic rings. The third kappa shape index (κ3) is 4.10. The molecule has 2 amide bonds. The number of para-hydroxylation sites is 1. The lowest BCUT2D eigenvalue weighted by atomic mass is 9.74. The number of aliphatic hydroxyl groups is 1. The van der Waals surface area contributed by atoms with Gasteiger partial charge in [-0.05, 0) is 51.2 Å². The lowest BCUT2D eigenvalue weighted by molar-refractivity contribution is -0.158. The van der Waals surface area contributed by atoms with Crippen molar-refractivity contribution in [2.45, 2.75) is 56.8 Å². The van der Waals surface area contributed by atoms with E-state index in [1.807, 2.05) is 37.3 Å². The molecule has 2 saturated heterocycles. The molecule has 4 heterocycles. The van der Waals surface area contributed by atoms with Gasteiger partial charge in [0.25, 0.3) is 5.91 Å². The number of nitrogens with zero attached hydrogens (tertiary/aromatic N) is 2. The van der Waals surface area contributed by atoms with E-state index in [9.17, 15) is 19.5 Å². The zero-order valence-corrected chi connectivity index (χ0v) is 21.9. The Bertz CT molecular complexity index is 1150. The van der Waals surface area contributed by atoms with Crippen molar-refractivity contribution >= 4 is 35.1 Å². The molecule has 37 heavy (non-hydrogen) atoms. The van der Waals surface area contributed by atoms with Gasteiger partial charge >= 0.3 is 5.97 Å². The van der Waals surface area contributed by atoms with Crippen LogP contribution in [0.5, 0.6) is 0 Å². The van der Waals surface area contributed by atoms with E-state index in [0.29, 0.717) is 17.1 Å². The number of anilines is 1. The maximum atomic E-state index is 14.4. The first kappa shape index (κ1) is 25.9. The third-order valence-electron chi connectivity index (χ3n) is 8.02. The van der Waals surface area contributed by atoms with Crippen molar-refractivity contribution in [1.82, 2.24) is 4.90 Å². The fourth-order valence-electron chi connectivity index (χ4n) is 6.44. The zero-order chi connectivity index (χ0) is 26.4. The van der Waals surface area contributed by atoms with Crippen molar-refractivity contribution in [3.63, 3.8) is 0 Å². The normalized spacial score (nSPS) is 34.5. The minimum absolute atomic E-state index is 0.141. The number of aryl methyl sites for hydroxylation is 1. The lowest BCUT2D eigenvalue weighted by Gasteiger charge is -2.38. The number of rotatable bonds is 4. The maximum absolute atomic E-state index is 14.4. The minimum atomic E-state index is -1.37. The van der Waals surface area contributed by atoms with E-state index >= 15 is 0 Å². The molecule has 4 aliphatic rings. The Balaban J connectivity index is 1.65. The first-order valence-electron chi connectivity index (χ1n) is 13.0. The molecule has 0 aliphatic carbocycles. The summed E-state index contributed by atoms with van der Waals surface area (Å²) >= 11 is 6.56. The zero-order valence-electron chi connectivity index (χ0n) is 21.2. The van der Waals surface area contributed by atoms with Gasteiger partial charge in [-0.1, -0.05) is 48.0 Å². The molecule has 0 radical (unpaired) electrons. The number of likely N-dealkylation sites (tertiary alicyclic amines) is 1. The van der Waals surface area contributed by atoms with E-state index in [2.05, 4.69) is 0 Å². The highest BCUT2D eigenvalue weighted by atomic mass is 35.5. The first-order valence-corrected chi connectivity index (χ1v) is 13.3. The van der Waals surface area contributed by atoms with Crippen molar-refractivity contribution < 1.29 is 29.0 Å². The number of hydrogen-bond donors (Lipinski definition) is 1. The van der Waals surface area contributed by atoms with Gasteiger partial charge in [0.15, 0.2) is 0 Å². The molecule has 5 atom stereocenters. The van der Waals surface area contributed by atoms with Gasteiger partial charge in [0.1, 0.15) is 17.6 Å². The molecule has 8 nitrogen and oxygen atoms in total. The summed E-state index contributed by atoms with van der Waals surface area (Å²) in [5, 5.41) is 9.98. The second-order valence-electron chi connectivity index (χ2n) is 10.4. The molecule has 1 unspecified atom stereocenters. The summed E-state index contributed by atoms with van der Waals surface area (Å²) in [5.74, 6) is -3.02. The van der Waals surface area contributed by atoms with Gasteiger partial charge in [-0.3, -0.25) is 14.4 Å². The van der Waals surface area contributed by atoms with E-state index in [-0.39, 0.29) is 38.1 Å². The molecule has 198 valence electrons. The number of ether oxygens (including phenoxy) is 2. The van der Waals surface area contributed by atoms with Crippen molar-refractivity contribution in [1.29, 1.82) is 0 Å². The Morgan fingerprint density at radius 1 is 1.11 bits per heavy atom. The molecule has 0 bridgehead atoms. The van der Waals surface area contributed by atoms with Gasteiger partial charge in [0.05, 0.1) is 28.8 Å². The number of aliphatic hydroxyl groups excluding tert-OH is 1. The van der Waals surface area contributed by atoms with Gasteiger partial charge in [-0.2, -0.15) is 0 Å².